The molecule has 0 spiro atoms. The van der Waals surface area contributed by atoms with Crippen molar-refractivity contribution in [3.63, 3.8) is 0 Å². The van der Waals surface area contributed by atoms with E-state index < -0.39 is 0 Å². The van der Waals surface area contributed by atoms with E-state index in [2.05, 4.69) is 0 Å². The molecule has 0 aliphatic rings. The van der Waals surface area contributed by atoms with Crippen LogP contribution in [0.5, 0.6) is 0 Å². The van der Waals surface area contributed by atoms with Gasteiger partial charge in [-0.1, -0.05) is 13.0 Å². The van der Waals surface area contributed by atoms with Crippen LogP contribution in [-0.2, 0) is 13.0 Å². The molecule has 0 aliphatic carbocycles. The molecule has 0 aliphatic heterocycles. The number of rotatable bonds is 3. The van der Waals surface area contributed by atoms with Crippen LogP contribution in [0.15, 0.2) is 18.2 Å². The lowest BCUT2D eigenvalue weighted by molar-refractivity contribution is 0.161. The van der Waals surface area contributed by atoms with Crippen molar-refractivity contribution in [2.24, 2.45) is 0 Å². The summed E-state index contributed by atoms with van der Waals surface area (Å²) in [6.45, 7) is 2.29. The van der Waals surface area contributed by atoms with E-state index in [0.29, 0.717) is 6.54 Å². The van der Waals surface area contributed by atoms with Gasteiger partial charge in [0.05, 0.1) is 0 Å². The molecule has 1 aromatic carbocycles. The van der Waals surface area contributed by atoms with Gasteiger partial charge < -0.3 is 5.21 Å². The zero-order chi connectivity index (χ0) is 8.97. The Kier molecular flexibility index (Phi) is 3.19. The number of halogens is 1. The summed E-state index contributed by atoms with van der Waals surface area (Å²) in [6, 6.07) is 4.60. The zero-order valence-electron chi connectivity index (χ0n) is 6.97. The number of aryl methyl sites for hydroxylation is 1. The molecule has 2 nitrogen and oxygen atoms in total. The summed E-state index contributed by atoms with van der Waals surface area (Å²) in [5.41, 5.74) is 3.88. The Morgan fingerprint density at radius 1 is 1.42 bits per heavy atom. The summed E-state index contributed by atoms with van der Waals surface area (Å²) >= 11 is 0. The molecular weight excluding hydrogens is 157 g/mol. The maximum absolute atomic E-state index is 12.7. The van der Waals surface area contributed by atoms with E-state index >= 15 is 0 Å². The minimum Gasteiger partial charge on any atom is -0.316 e. The molecule has 1 aromatic rings. The highest BCUT2D eigenvalue weighted by Gasteiger charge is 2.00. The third-order valence-electron chi connectivity index (χ3n) is 1.82. The average molecular weight is 169 g/mol. The van der Waals surface area contributed by atoms with E-state index in [4.69, 9.17) is 5.21 Å². The first-order valence-corrected chi connectivity index (χ1v) is 3.92. The topological polar surface area (TPSA) is 32.3 Å². The molecule has 0 radical (unpaired) electrons. The van der Waals surface area contributed by atoms with Gasteiger partial charge in [-0.05, 0) is 29.7 Å². The van der Waals surface area contributed by atoms with Crippen LogP contribution in [0, 0.1) is 5.82 Å². The fourth-order valence-corrected chi connectivity index (χ4v) is 1.19. The molecule has 0 aromatic heterocycles. The smallest absolute Gasteiger partial charge is 0.123 e. The Hall–Kier alpha value is -0.930. The molecule has 3 heteroatoms. The van der Waals surface area contributed by atoms with Gasteiger partial charge >= 0.3 is 0 Å². The van der Waals surface area contributed by atoms with Gasteiger partial charge in [-0.25, -0.2) is 9.87 Å². The number of nitrogens with one attached hydrogen (secondary N) is 1. The van der Waals surface area contributed by atoms with Crippen molar-refractivity contribution in [1.82, 2.24) is 5.48 Å². The summed E-state index contributed by atoms with van der Waals surface area (Å²) in [6.07, 6.45) is 0.845. The quantitative estimate of drug-likeness (QED) is 0.677. The zero-order valence-corrected chi connectivity index (χ0v) is 6.97. The molecule has 0 bridgehead atoms. The Morgan fingerprint density at radius 2 is 2.17 bits per heavy atom. The molecule has 66 valence electrons. The van der Waals surface area contributed by atoms with Crippen molar-refractivity contribution in [3.05, 3.63) is 35.1 Å². The van der Waals surface area contributed by atoms with Crippen LogP contribution in [0.25, 0.3) is 0 Å². The largest absolute Gasteiger partial charge is 0.316 e. The SMILES string of the molecule is CCc1ccc(F)cc1CNO. The van der Waals surface area contributed by atoms with Gasteiger partial charge in [0.2, 0.25) is 0 Å². The second-order valence-corrected chi connectivity index (χ2v) is 2.60. The third kappa shape index (κ3) is 2.03. The number of hydrogen-bond acceptors (Lipinski definition) is 2. The van der Waals surface area contributed by atoms with Gasteiger partial charge in [0.25, 0.3) is 0 Å². The summed E-state index contributed by atoms with van der Waals surface area (Å²) in [4.78, 5) is 0. The van der Waals surface area contributed by atoms with Crippen LogP contribution in [0.3, 0.4) is 0 Å². The minimum atomic E-state index is -0.266. The van der Waals surface area contributed by atoms with Gasteiger partial charge in [0, 0.05) is 6.54 Å². The summed E-state index contributed by atoms with van der Waals surface area (Å²) < 4.78 is 12.7. The maximum atomic E-state index is 12.7. The van der Waals surface area contributed by atoms with E-state index in [1.165, 1.54) is 12.1 Å². The highest BCUT2D eigenvalue weighted by atomic mass is 19.1. The van der Waals surface area contributed by atoms with Crippen molar-refractivity contribution < 1.29 is 9.60 Å². The van der Waals surface area contributed by atoms with Gasteiger partial charge in [0.15, 0.2) is 0 Å². The molecule has 1 rings (SSSR count). The van der Waals surface area contributed by atoms with E-state index in [-0.39, 0.29) is 5.82 Å². The minimum absolute atomic E-state index is 0.266. The van der Waals surface area contributed by atoms with Crippen molar-refractivity contribution in [1.29, 1.82) is 0 Å². The molecule has 0 fully saturated rings. The van der Waals surface area contributed by atoms with E-state index in [0.717, 1.165) is 17.5 Å². The molecule has 12 heavy (non-hydrogen) atoms. The fourth-order valence-electron chi connectivity index (χ4n) is 1.19. The van der Waals surface area contributed by atoms with Crippen LogP contribution in [0.4, 0.5) is 4.39 Å². The first-order chi connectivity index (χ1) is 5.77. The van der Waals surface area contributed by atoms with Crippen LogP contribution in [0.2, 0.25) is 0 Å². The predicted octanol–water partition coefficient (Wildman–Crippen LogP) is 1.87. The second-order valence-electron chi connectivity index (χ2n) is 2.60. The third-order valence-corrected chi connectivity index (χ3v) is 1.82. The Morgan fingerprint density at radius 3 is 2.75 bits per heavy atom. The van der Waals surface area contributed by atoms with Crippen LogP contribution >= 0.6 is 0 Å². The Labute approximate surface area is 71.0 Å². The van der Waals surface area contributed by atoms with Crippen LogP contribution in [0.1, 0.15) is 18.1 Å². The second kappa shape index (κ2) is 4.18. The van der Waals surface area contributed by atoms with Crippen LogP contribution < -0.4 is 5.48 Å². The van der Waals surface area contributed by atoms with E-state index in [9.17, 15) is 4.39 Å². The molecule has 0 saturated heterocycles. The molecule has 0 unspecified atom stereocenters. The standard InChI is InChI=1S/C9H12FNO/c1-2-7-3-4-9(10)5-8(7)6-11-12/h3-5,11-12H,2,6H2,1H3. The fraction of sp³-hybridized carbons (Fsp3) is 0.333. The highest BCUT2D eigenvalue weighted by Crippen LogP contribution is 2.11. The van der Waals surface area contributed by atoms with Crippen molar-refractivity contribution in [2.45, 2.75) is 19.9 Å². The number of benzene rings is 1. The lowest BCUT2D eigenvalue weighted by Crippen LogP contribution is -2.08. The average Bonchev–Trinajstić information content (AvgIpc) is 2.05. The number of hydroxylamine groups is 1. The Balaban J connectivity index is 2.95. The van der Waals surface area contributed by atoms with Gasteiger partial charge in [-0.2, -0.15) is 0 Å². The van der Waals surface area contributed by atoms with Crippen molar-refractivity contribution >= 4 is 0 Å². The maximum Gasteiger partial charge on any atom is 0.123 e. The first-order valence-electron chi connectivity index (χ1n) is 3.92. The molecule has 2 N–H and O–H groups in total. The number of hydrogen-bond donors (Lipinski definition) is 2. The molecular formula is C9H12FNO. The van der Waals surface area contributed by atoms with Gasteiger partial charge in [-0.15, -0.1) is 0 Å². The van der Waals surface area contributed by atoms with Crippen molar-refractivity contribution in [3.8, 4) is 0 Å². The lowest BCUT2D eigenvalue weighted by Gasteiger charge is -2.05. The Bertz CT molecular complexity index is 263. The predicted molar refractivity (Wildman–Crippen MR) is 44.4 cm³/mol. The van der Waals surface area contributed by atoms with Gasteiger partial charge in [-0.3, -0.25) is 0 Å². The monoisotopic (exact) mass is 169 g/mol. The van der Waals surface area contributed by atoms with Crippen molar-refractivity contribution in [2.75, 3.05) is 0 Å². The summed E-state index contributed by atoms with van der Waals surface area (Å²) in [5.74, 6) is -0.266. The van der Waals surface area contributed by atoms with E-state index in [1.54, 1.807) is 6.07 Å². The highest BCUT2D eigenvalue weighted by molar-refractivity contribution is 5.27. The molecule has 0 saturated carbocycles. The van der Waals surface area contributed by atoms with Crippen LogP contribution in [-0.4, -0.2) is 5.21 Å². The normalized spacial score (nSPS) is 10.2. The molecule has 0 atom stereocenters. The molecule has 0 heterocycles. The summed E-state index contributed by atoms with van der Waals surface area (Å²) in [5, 5.41) is 8.46. The van der Waals surface area contributed by atoms with E-state index in [1.807, 2.05) is 12.4 Å². The molecule has 0 amide bonds. The summed E-state index contributed by atoms with van der Waals surface area (Å²) in [7, 11) is 0. The van der Waals surface area contributed by atoms with Gasteiger partial charge in [0.1, 0.15) is 5.82 Å². The lowest BCUT2D eigenvalue weighted by atomic mass is 10.1. The first kappa shape index (κ1) is 9.16.